The molecule has 0 spiro atoms. The van der Waals surface area contributed by atoms with Gasteiger partial charge in [0.25, 0.3) is 0 Å². The van der Waals surface area contributed by atoms with Crippen molar-refractivity contribution >= 4 is 11.9 Å². The number of likely N-dealkylation sites (tertiary alicyclic amines) is 1. The van der Waals surface area contributed by atoms with E-state index in [1.54, 1.807) is 24.0 Å². The van der Waals surface area contributed by atoms with Crippen LogP contribution in [0, 0.1) is 5.92 Å². The Hall–Kier alpha value is -2.28. The number of nitrogens with zero attached hydrogens (tertiary/aromatic N) is 3. The average molecular weight is 389 g/mol. The monoisotopic (exact) mass is 388 g/mol. The van der Waals surface area contributed by atoms with Crippen LogP contribution in [0.25, 0.3) is 0 Å². The number of carbonyl (C=O) groups is 2. The molecular weight excluding hydrogens is 356 g/mol. The molecule has 2 aliphatic heterocycles. The van der Waals surface area contributed by atoms with Crippen LogP contribution < -0.4 is 10.1 Å². The second-order valence-electron chi connectivity index (χ2n) is 7.98. The molecule has 7 nitrogen and oxygen atoms in total. The van der Waals surface area contributed by atoms with E-state index >= 15 is 0 Å². The lowest BCUT2D eigenvalue weighted by Crippen LogP contribution is -2.46. The molecule has 0 aliphatic carbocycles. The lowest BCUT2D eigenvalue weighted by Gasteiger charge is -2.34. The molecule has 1 atom stereocenters. The van der Waals surface area contributed by atoms with Gasteiger partial charge in [-0.1, -0.05) is 12.1 Å². The quantitative estimate of drug-likeness (QED) is 0.768. The lowest BCUT2D eigenvalue weighted by atomic mass is 9.95. The molecule has 3 amide bonds. The van der Waals surface area contributed by atoms with Crippen molar-refractivity contribution in [2.45, 2.75) is 25.3 Å². The van der Waals surface area contributed by atoms with Crippen molar-refractivity contribution in [2.24, 2.45) is 5.92 Å². The third kappa shape index (κ3) is 5.16. The Bertz CT molecular complexity index is 671. The maximum absolute atomic E-state index is 12.5. The Morgan fingerprint density at radius 1 is 1.25 bits per heavy atom. The molecular formula is C21H32N4O3. The summed E-state index contributed by atoms with van der Waals surface area (Å²) < 4.78 is 5.21. The molecule has 0 aromatic heterocycles. The molecule has 2 saturated heterocycles. The smallest absolute Gasteiger partial charge is 0.317 e. The summed E-state index contributed by atoms with van der Waals surface area (Å²) >= 11 is 0. The third-order valence-electron chi connectivity index (χ3n) is 5.89. The van der Waals surface area contributed by atoms with Gasteiger partial charge in [0.05, 0.1) is 13.7 Å². The van der Waals surface area contributed by atoms with Crippen LogP contribution in [0.3, 0.4) is 0 Å². The maximum Gasteiger partial charge on any atom is 0.317 e. The average Bonchev–Trinajstić information content (AvgIpc) is 3.05. The number of piperidine rings is 1. The molecule has 1 N–H and O–H groups in total. The number of rotatable bonds is 7. The van der Waals surface area contributed by atoms with E-state index in [2.05, 4.69) is 22.3 Å². The number of ether oxygens (including phenoxy) is 1. The second kappa shape index (κ2) is 9.28. The Balaban J connectivity index is 1.37. The van der Waals surface area contributed by atoms with E-state index in [4.69, 9.17) is 4.74 Å². The summed E-state index contributed by atoms with van der Waals surface area (Å²) in [6, 6.07) is 7.71. The van der Waals surface area contributed by atoms with Crippen molar-refractivity contribution in [2.75, 3.05) is 53.9 Å². The summed E-state index contributed by atoms with van der Waals surface area (Å²) in [5.74, 6) is 1.44. The largest absolute Gasteiger partial charge is 0.497 e. The molecule has 1 aromatic carbocycles. The molecule has 28 heavy (non-hydrogen) atoms. The molecule has 1 unspecified atom stereocenters. The van der Waals surface area contributed by atoms with E-state index in [1.165, 1.54) is 5.56 Å². The first-order valence-corrected chi connectivity index (χ1v) is 10.1. The van der Waals surface area contributed by atoms with Gasteiger partial charge in [-0.2, -0.15) is 0 Å². The predicted octanol–water partition coefficient (Wildman–Crippen LogP) is 1.43. The van der Waals surface area contributed by atoms with Crippen LogP contribution in [0.5, 0.6) is 5.75 Å². The number of likely N-dealkylation sites (N-methyl/N-ethyl adjacent to an activating group) is 2. The fourth-order valence-corrected chi connectivity index (χ4v) is 4.02. The van der Waals surface area contributed by atoms with Gasteiger partial charge in [0.15, 0.2) is 0 Å². The van der Waals surface area contributed by atoms with Crippen molar-refractivity contribution in [1.82, 2.24) is 20.0 Å². The minimum absolute atomic E-state index is 0.0136. The van der Waals surface area contributed by atoms with Gasteiger partial charge in [0, 0.05) is 27.2 Å². The molecule has 154 valence electrons. The molecule has 2 aliphatic rings. The minimum Gasteiger partial charge on any atom is -0.497 e. The van der Waals surface area contributed by atoms with Crippen molar-refractivity contribution < 1.29 is 14.3 Å². The zero-order chi connectivity index (χ0) is 20.1. The van der Waals surface area contributed by atoms with E-state index in [0.717, 1.165) is 51.2 Å². The number of amides is 3. The maximum atomic E-state index is 12.5. The van der Waals surface area contributed by atoms with Crippen molar-refractivity contribution in [1.29, 1.82) is 0 Å². The molecule has 0 radical (unpaired) electrons. The molecule has 2 heterocycles. The van der Waals surface area contributed by atoms with Crippen LogP contribution >= 0.6 is 0 Å². The van der Waals surface area contributed by atoms with Gasteiger partial charge in [-0.3, -0.25) is 4.79 Å². The lowest BCUT2D eigenvalue weighted by molar-refractivity contribution is -0.132. The Labute approximate surface area is 167 Å². The molecule has 2 fully saturated rings. The summed E-state index contributed by atoms with van der Waals surface area (Å²) in [6.45, 7) is 4.43. The van der Waals surface area contributed by atoms with Crippen LogP contribution in [0.1, 0.15) is 18.4 Å². The van der Waals surface area contributed by atoms with Crippen LogP contribution in [-0.4, -0.2) is 86.6 Å². The van der Waals surface area contributed by atoms with Crippen molar-refractivity contribution in [3.05, 3.63) is 29.8 Å². The molecule has 1 aromatic rings. The molecule has 3 rings (SSSR count). The Morgan fingerprint density at radius 3 is 2.50 bits per heavy atom. The highest BCUT2D eigenvalue weighted by Gasteiger charge is 2.33. The molecule has 7 heteroatoms. The zero-order valence-electron chi connectivity index (χ0n) is 17.2. The van der Waals surface area contributed by atoms with Gasteiger partial charge >= 0.3 is 6.03 Å². The number of methoxy groups -OCH3 is 1. The topological polar surface area (TPSA) is 65.1 Å². The van der Waals surface area contributed by atoms with E-state index in [-0.39, 0.29) is 11.9 Å². The third-order valence-corrected chi connectivity index (χ3v) is 5.89. The van der Waals surface area contributed by atoms with Crippen molar-refractivity contribution in [3.63, 3.8) is 0 Å². The summed E-state index contributed by atoms with van der Waals surface area (Å²) in [6.07, 6.45) is 3.26. The van der Waals surface area contributed by atoms with E-state index in [9.17, 15) is 9.59 Å². The van der Waals surface area contributed by atoms with Gasteiger partial charge in [-0.15, -0.1) is 0 Å². The van der Waals surface area contributed by atoms with Crippen LogP contribution in [0.2, 0.25) is 0 Å². The van der Waals surface area contributed by atoms with Gasteiger partial charge < -0.3 is 24.8 Å². The van der Waals surface area contributed by atoms with Crippen LogP contribution in [0.4, 0.5) is 4.79 Å². The van der Waals surface area contributed by atoms with Crippen LogP contribution in [-0.2, 0) is 11.2 Å². The number of hydrogen-bond acceptors (Lipinski definition) is 4. The van der Waals surface area contributed by atoms with Crippen molar-refractivity contribution in [3.8, 4) is 5.75 Å². The SMILES string of the molecule is COc1ccc(CCN2CCC(CN(C)C(=O)C3CN(C)C(=O)N3)CC2)cc1. The number of hydrogen-bond donors (Lipinski definition) is 1. The normalized spacial score (nSPS) is 20.9. The highest BCUT2D eigenvalue weighted by molar-refractivity contribution is 5.90. The van der Waals surface area contributed by atoms with E-state index in [1.807, 2.05) is 19.2 Å². The molecule has 0 saturated carbocycles. The van der Waals surface area contributed by atoms with E-state index in [0.29, 0.717) is 12.5 Å². The number of benzene rings is 1. The summed E-state index contributed by atoms with van der Waals surface area (Å²) in [5.41, 5.74) is 1.33. The van der Waals surface area contributed by atoms with Gasteiger partial charge in [0.1, 0.15) is 11.8 Å². The number of carbonyl (C=O) groups excluding carboxylic acids is 2. The minimum atomic E-state index is -0.410. The summed E-state index contributed by atoms with van der Waals surface area (Å²) in [5, 5.41) is 2.75. The molecule has 0 bridgehead atoms. The fraction of sp³-hybridized carbons (Fsp3) is 0.619. The van der Waals surface area contributed by atoms with Gasteiger partial charge in [0.2, 0.25) is 5.91 Å². The van der Waals surface area contributed by atoms with Crippen LogP contribution in [0.15, 0.2) is 24.3 Å². The summed E-state index contributed by atoms with van der Waals surface area (Å²) in [4.78, 5) is 30.0. The highest BCUT2D eigenvalue weighted by Crippen LogP contribution is 2.19. The number of urea groups is 1. The first kappa shape index (κ1) is 20.5. The van der Waals surface area contributed by atoms with Gasteiger partial charge in [-0.25, -0.2) is 4.79 Å². The van der Waals surface area contributed by atoms with E-state index < -0.39 is 6.04 Å². The fourth-order valence-electron chi connectivity index (χ4n) is 4.02. The zero-order valence-corrected chi connectivity index (χ0v) is 17.2. The van der Waals surface area contributed by atoms with Gasteiger partial charge in [-0.05, 0) is 56.0 Å². The Kier molecular flexibility index (Phi) is 6.78. The Morgan fingerprint density at radius 2 is 1.93 bits per heavy atom. The standard InChI is InChI=1S/C21H32N4O3/c1-23(20(26)19-15-24(2)21(27)22-19)14-17-9-12-25(13-10-17)11-8-16-4-6-18(28-3)7-5-16/h4-7,17,19H,8-15H2,1-3H3,(H,22,27). The highest BCUT2D eigenvalue weighted by atomic mass is 16.5. The number of nitrogens with one attached hydrogen (secondary N) is 1. The first-order chi connectivity index (χ1) is 13.5. The first-order valence-electron chi connectivity index (χ1n) is 10.1. The summed E-state index contributed by atoms with van der Waals surface area (Å²) in [7, 11) is 5.25. The predicted molar refractivity (Wildman–Crippen MR) is 108 cm³/mol. The second-order valence-corrected chi connectivity index (χ2v) is 7.98.